The highest BCUT2D eigenvalue weighted by Crippen LogP contribution is 2.68. The predicted molar refractivity (Wildman–Crippen MR) is 84.7 cm³/mol. The van der Waals surface area contributed by atoms with Gasteiger partial charge >= 0.3 is 5.97 Å². The molecular formula is C16H23NO3S. The zero-order valence-electron chi connectivity index (χ0n) is 13.5. The molecule has 5 heteroatoms. The van der Waals surface area contributed by atoms with Crippen molar-refractivity contribution in [3.8, 4) is 0 Å². The molecule has 1 aromatic rings. The average Bonchev–Trinajstić information content (AvgIpc) is 2.63. The summed E-state index contributed by atoms with van der Waals surface area (Å²) in [5.41, 5.74) is 0.407. The molecule has 1 saturated carbocycles. The predicted octanol–water partition coefficient (Wildman–Crippen LogP) is 3.85. The van der Waals surface area contributed by atoms with Crippen molar-refractivity contribution in [2.24, 2.45) is 16.7 Å². The summed E-state index contributed by atoms with van der Waals surface area (Å²) in [6, 6.07) is 1.77. The van der Waals surface area contributed by atoms with Crippen LogP contribution in [0.1, 0.15) is 49.9 Å². The van der Waals surface area contributed by atoms with E-state index in [1.807, 2.05) is 6.92 Å². The van der Waals surface area contributed by atoms with E-state index in [2.05, 4.69) is 33.0 Å². The number of thiophene rings is 1. The van der Waals surface area contributed by atoms with Crippen LogP contribution in [0.25, 0.3) is 0 Å². The standard InChI is InChI=1S/C16H23NO3S/c1-7-20-14(19)10-8-9(2)21-13(10)17-12(18)11-15(3,4)16(11,5)6/h8,11H,7H2,1-6H3,(H,17,18). The number of ether oxygens (including phenoxy) is 1. The summed E-state index contributed by atoms with van der Waals surface area (Å²) in [5, 5.41) is 3.51. The molecule has 0 aliphatic heterocycles. The minimum Gasteiger partial charge on any atom is -0.462 e. The Hall–Kier alpha value is -1.36. The van der Waals surface area contributed by atoms with Crippen molar-refractivity contribution < 1.29 is 14.3 Å². The number of amides is 1. The van der Waals surface area contributed by atoms with Crippen LogP contribution in [-0.2, 0) is 9.53 Å². The van der Waals surface area contributed by atoms with Gasteiger partial charge in [-0.15, -0.1) is 11.3 Å². The molecule has 1 heterocycles. The molecule has 1 aromatic heterocycles. The van der Waals surface area contributed by atoms with Crippen molar-refractivity contribution in [3.05, 3.63) is 16.5 Å². The largest absolute Gasteiger partial charge is 0.462 e. The van der Waals surface area contributed by atoms with Crippen molar-refractivity contribution >= 4 is 28.2 Å². The Labute approximate surface area is 129 Å². The maximum atomic E-state index is 12.5. The van der Waals surface area contributed by atoms with E-state index in [4.69, 9.17) is 4.74 Å². The van der Waals surface area contributed by atoms with Crippen molar-refractivity contribution in [3.63, 3.8) is 0 Å². The molecule has 0 spiro atoms. The number of rotatable bonds is 4. The van der Waals surface area contributed by atoms with Gasteiger partial charge in [-0.2, -0.15) is 0 Å². The van der Waals surface area contributed by atoms with E-state index in [9.17, 15) is 9.59 Å². The van der Waals surface area contributed by atoms with Crippen LogP contribution >= 0.6 is 11.3 Å². The zero-order valence-corrected chi connectivity index (χ0v) is 14.3. The molecule has 4 nitrogen and oxygen atoms in total. The van der Waals surface area contributed by atoms with Crippen molar-refractivity contribution in [1.82, 2.24) is 0 Å². The van der Waals surface area contributed by atoms with Gasteiger partial charge in [0.25, 0.3) is 0 Å². The number of anilines is 1. The van der Waals surface area contributed by atoms with Gasteiger partial charge in [0.05, 0.1) is 12.2 Å². The first kappa shape index (κ1) is 16.0. The molecule has 1 amide bonds. The number of esters is 1. The molecule has 0 atom stereocenters. The highest BCUT2D eigenvalue weighted by molar-refractivity contribution is 7.16. The molecule has 1 aliphatic carbocycles. The number of carbonyl (C=O) groups excluding carboxylic acids is 2. The monoisotopic (exact) mass is 309 g/mol. The summed E-state index contributed by atoms with van der Waals surface area (Å²) in [6.45, 7) is 12.4. The number of hydrogen-bond donors (Lipinski definition) is 1. The van der Waals surface area contributed by atoms with Gasteiger partial charge in [0, 0.05) is 10.8 Å². The van der Waals surface area contributed by atoms with Gasteiger partial charge in [0.15, 0.2) is 0 Å². The molecule has 1 fully saturated rings. The third-order valence-corrected chi connectivity index (χ3v) is 5.84. The van der Waals surface area contributed by atoms with Crippen LogP contribution in [0.4, 0.5) is 5.00 Å². The smallest absolute Gasteiger partial charge is 0.341 e. The summed E-state index contributed by atoms with van der Waals surface area (Å²) < 4.78 is 5.04. The van der Waals surface area contributed by atoms with Crippen LogP contribution in [0, 0.1) is 23.7 Å². The minimum atomic E-state index is -0.383. The van der Waals surface area contributed by atoms with Crippen LogP contribution in [0.15, 0.2) is 6.07 Å². The lowest BCUT2D eigenvalue weighted by Gasteiger charge is -2.07. The maximum absolute atomic E-state index is 12.5. The van der Waals surface area contributed by atoms with E-state index in [1.54, 1.807) is 13.0 Å². The lowest BCUT2D eigenvalue weighted by atomic mass is 10.0. The zero-order chi connectivity index (χ0) is 16.0. The first-order valence-corrected chi connectivity index (χ1v) is 8.03. The first-order valence-electron chi connectivity index (χ1n) is 7.21. The molecular weight excluding hydrogens is 286 g/mol. The minimum absolute atomic E-state index is 0.0163. The summed E-state index contributed by atoms with van der Waals surface area (Å²) in [6.07, 6.45) is 0. The SMILES string of the molecule is CCOC(=O)c1cc(C)sc1NC(=O)C1C(C)(C)C1(C)C. The van der Waals surface area contributed by atoms with E-state index in [-0.39, 0.29) is 28.6 Å². The van der Waals surface area contributed by atoms with Gasteiger partial charge in [0.2, 0.25) is 5.91 Å². The molecule has 2 rings (SSSR count). The first-order chi connectivity index (χ1) is 9.62. The second-order valence-electron chi connectivity index (χ2n) is 6.69. The van der Waals surface area contributed by atoms with Gasteiger partial charge in [-0.05, 0) is 30.7 Å². The molecule has 0 unspecified atom stereocenters. The van der Waals surface area contributed by atoms with E-state index in [0.717, 1.165) is 4.88 Å². The Balaban J connectivity index is 2.18. The Morgan fingerprint density at radius 1 is 1.29 bits per heavy atom. The number of aryl methyl sites for hydroxylation is 1. The summed E-state index contributed by atoms with van der Waals surface area (Å²) >= 11 is 1.41. The van der Waals surface area contributed by atoms with E-state index < -0.39 is 0 Å². The molecule has 0 bridgehead atoms. The van der Waals surface area contributed by atoms with Gasteiger partial charge in [-0.3, -0.25) is 4.79 Å². The molecule has 1 aliphatic rings. The molecule has 116 valence electrons. The average molecular weight is 309 g/mol. The Kier molecular flexibility index (Phi) is 3.91. The third-order valence-electron chi connectivity index (χ3n) is 4.87. The van der Waals surface area contributed by atoms with Gasteiger partial charge < -0.3 is 10.1 Å². The number of carbonyl (C=O) groups is 2. The molecule has 21 heavy (non-hydrogen) atoms. The quantitative estimate of drug-likeness (QED) is 0.859. The highest BCUT2D eigenvalue weighted by atomic mass is 32.1. The fourth-order valence-electron chi connectivity index (χ4n) is 3.00. The normalized spacial score (nSPS) is 19.1. The summed E-state index contributed by atoms with van der Waals surface area (Å²) in [4.78, 5) is 25.4. The fourth-order valence-corrected chi connectivity index (χ4v) is 3.91. The molecule has 0 radical (unpaired) electrons. The van der Waals surface area contributed by atoms with Crippen LogP contribution in [0.2, 0.25) is 0 Å². The van der Waals surface area contributed by atoms with Crippen molar-refractivity contribution in [1.29, 1.82) is 0 Å². The van der Waals surface area contributed by atoms with E-state index in [0.29, 0.717) is 17.2 Å². The van der Waals surface area contributed by atoms with Crippen LogP contribution in [0.3, 0.4) is 0 Å². The highest BCUT2D eigenvalue weighted by Gasteiger charge is 2.68. The molecule has 1 N–H and O–H groups in total. The van der Waals surface area contributed by atoms with Crippen LogP contribution in [0.5, 0.6) is 0 Å². The van der Waals surface area contributed by atoms with Crippen LogP contribution in [-0.4, -0.2) is 18.5 Å². The lowest BCUT2D eigenvalue weighted by Crippen LogP contribution is -2.18. The summed E-state index contributed by atoms with van der Waals surface area (Å²) in [7, 11) is 0. The van der Waals surface area contributed by atoms with Gasteiger partial charge in [-0.25, -0.2) is 4.79 Å². The third kappa shape index (κ3) is 2.59. The summed E-state index contributed by atoms with van der Waals surface area (Å²) in [5.74, 6) is -0.439. The Morgan fingerprint density at radius 2 is 1.86 bits per heavy atom. The van der Waals surface area contributed by atoms with Crippen molar-refractivity contribution in [2.75, 3.05) is 11.9 Å². The molecule has 0 saturated heterocycles. The maximum Gasteiger partial charge on any atom is 0.341 e. The van der Waals surface area contributed by atoms with E-state index in [1.165, 1.54) is 11.3 Å². The second kappa shape index (κ2) is 5.13. The van der Waals surface area contributed by atoms with Gasteiger partial charge in [0.1, 0.15) is 5.00 Å². The van der Waals surface area contributed by atoms with Crippen LogP contribution < -0.4 is 5.32 Å². The van der Waals surface area contributed by atoms with Crippen molar-refractivity contribution in [2.45, 2.75) is 41.5 Å². The van der Waals surface area contributed by atoms with E-state index >= 15 is 0 Å². The fraction of sp³-hybridized carbons (Fsp3) is 0.625. The number of nitrogens with one attached hydrogen (secondary N) is 1. The number of hydrogen-bond acceptors (Lipinski definition) is 4. The lowest BCUT2D eigenvalue weighted by molar-refractivity contribution is -0.118. The molecule has 0 aromatic carbocycles. The Bertz CT molecular complexity index is 572. The Morgan fingerprint density at radius 3 is 2.33 bits per heavy atom. The van der Waals surface area contributed by atoms with Gasteiger partial charge in [-0.1, -0.05) is 27.7 Å². The topological polar surface area (TPSA) is 55.4 Å². The second-order valence-corrected chi connectivity index (χ2v) is 7.94.